The van der Waals surface area contributed by atoms with Gasteiger partial charge in [0.15, 0.2) is 17.3 Å². The number of carbonyl (C=O) groups excluding carboxylic acids is 1. The van der Waals surface area contributed by atoms with E-state index >= 15 is 0 Å². The Hall–Kier alpha value is -3.88. The van der Waals surface area contributed by atoms with E-state index in [1.807, 2.05) is 50.2 Å². The number of ether oxygens (including phenoxy) is 2. The lowest BCUT2D eigenvalue weighted by Gasteiger charge is -2.07. The van der Waals surface area contributed by atoms with Gasteiger partial charge < -0.3 is 20.1 Å². The molecular formula is C21H22N6O3. The molecule has 2 N–H and O–H groups in total. The van der Waals surface area contributed by atoms with Gasteiger partial charge in [0, 0.05) is 24.9 Å². The Bertz CT molecular complexity index is 1070. The van der Waals surface area contributed by atoms with Gasteiger partial charge in [-0.05, 0) is 55.8 Å². The van der Waals surface area contributed by atoms with Crippen molar-refractivity contribution >= 4 is 17.8 Å². The molecule has 9 heteroatoms. The van der Waals surface area contributed by atoms with Crippen LogP contribution in [0.5, 0.6) is 11.5 Å². The van der Waals surface area contributed by atoms with Crippen LogP contribution in [-0.4, -0.2) is 45.8 Å². The molecule has 1 aromatic carbocycles. The molecule has 0 saturated heterocycles. The number of rotatable bonds is 7. The lowest BCUT2D eigenvalue weighted by atomic mass is 10.2. The fraction of sp³-hybridized carbons (Fsp3) is 0.238. The third kappa shape index (κ3) is 4.57. The Balaban J connectivity index is 1.22. The second-order valence-corrected chi connectivity index (χ2v) is 6.78. The minimum atomic E-state index is -0.180. The van der Waals surface area contributed by atoms with Crippen LogP contribution in [0.1, 0.15) is 17.0 Å². The fourth-order valence-corrected chi connectivity index (χ4v) is 3.02. The van der Waals surface area contributed by atoms with E-state index in [-0.39, 0.29) is 12.7 Å². The van der Waals surface area contributed by atoms with Crippen LogP contribution in [0, 0.1) is 13.8 Å². The Morgan fingerprint density at radius 3 is 2.73 bits per heavy atom. The molecule has 154 valence electrons. The van der Waals surface area contributed by atoms with Gasteiger partial charge in [-0.1, -0.05) is 6.07 Å². The first-order valence-electron chi connectivity index (χ1n) is 9.55. The molecule has 2 aromatic heterocycles. The Morgan fingerprint density at radius 2 is 1.97 bits per heavy atom. The first-order valence-corrected chi connectivity index (χ1v) is 9.55. The van der Waals surface area contributed by atoms with Crippen LogP contribution < -0.4 is 20.1 Å². The van der Waals surface area contributed by atoms with Crippen molar-refractivity contribution in [3.05, 3.63) is 59.4 Å². The van der Waals surface area contributed by atoms with Gasteiger partial charge in [0.25, 0.3) is 0 Å². The number of hydrogen-bond donors (Lipinski definition) is 2. The quantitative estimate of drug-likeness (QED) is 0.458. The van der Waals surface area contributed by atoms with Crippen LogP contribution in [0.25, 0.3) is 11.9 Å². The van der Waals surface area contributed by atoms with Gasteiger partial charge in [-0.25, -0.2) is 4.68 Å². The van der Waals surface area contributed by atoms with Gasteiger partial charge in [-0.3, -0.25) is 4.79 Å². The molecule has 0 radical (unpaired) electrons. The smallest absolute Gasteiger partial charge is 0.244 e. The van der Waals surface area contributed by atoms with E-state index in [9.17, 15) is 4.79 Å². The monoisotopic (exact) mass is 406 g/mol. The first-order chi connectivity index (χ1) is 14.6. The maximum Gasteiger partial charge on any atom is 0.244 e. The van der Waals surface area contributed by atoms with Crippen LogP contribution in [0.15, 0.2) is 42.5 Å². The number of fused-ring (bicyclic) bond motifs is 1. The minimum Gasteiger partial charge on any atom is -0.454 e. The number of amides is 1. The van der Waals surface area contributed by atoms with Crippen LogP contribution in [0.2, 0.25) is 0 Å². The summed E-state index contributed by atoms with van der Waals surface area (Å²) < 4.78 is 12.3. The van der Waals surface area contributed by atoms with Crippen molar-refractivity contribution in [1.82, 2.24) is 25.3 Å². The van der Waals surface area contributed by atoms with E-state index in [0.717, 1.165) is 17.0 Å². The molecule has 1 aliphatic heterocycles. The molecule has 3 aromatic rings. The number of aryl methyl sites for hydroxylation is 2. The van der Waals surface area contributed by atoms with E-state index < -0.39 is 0 Å². The number of anilines is 1. The summed E-state index contributed by atoms with van der Waals surface area (Å²) in [5.41, 5.74) is 2.80. The molecule has 3 heterocycles. The molecule has 9 nitrogen and oxygen atoms in total. The molecule has 1 aliphatic rings. The highest BCUT2D eigenvalue weighted by atomic mass is 16.7. The third-order valence-electron chi connectivity index (χ3n) is 4.43. The number of hydrogen-bond acceptors (Lipinski definition) is 7. The standard InChI is InChI=1S/C21H22N6O3/c1-14-11-15(2)27(26-14)20-7-6-19(24-25-20)22-9-10-23-21(28)8-4-16-3-5-17-18(12-16)30-13-29-17/h3-8,11-12H,9-10,13H2,1-2H3,(H,22,24)(H,23,28)/b8-4+. The first kappa shape index (κ1) is 19.4. The molecule has 0 saturated carbocycles. The number of nitrogens with zero attached hydrogens (tertiary/aromatic N) is 4. The SMILES string of the molecule is Cc1cc(C)n(-c2ccc(NCCNC(=O)/C=C/c3ccc4c(c3)OCO4)nn2)n1. The maximum absolute atomic E-state index is 12.0. The van der Waals surface area contributed by atoms with Gasteiger partial charge in [-0.15, -0.1) is 10.2 Å². The lowest BCUT2D eigenvalue weighted by molar-refractivity contribution is -0.116. The highest BCUT2D eigenvalue weighted by Gasteiger charge is 2.12. The highest BCUT2D eigenvalue weighted by Crippen LogP contribution is 2.32. The Labute approximate surface area is 173 Å². The van der Waals surface area contributed by atoms with Crippen LogP contribution >= 0.6 is 0 Å². The summed E-state index contributed by atoms with van der Waals surface area (Å²) in [4.78, 5) is 12.0. The third-order valence-corrected chi connectivity index (χ3v) is 4.43. The van der Waals surface area contributed by atoms with Crippen molar-refractivity contribution in [1.29, 1.82) is 0 Å². The average molecular weight is 406 g/mol. The van der Waals surface area contributed by atoms with Crippen molar-refractivity contribution < 1.29 is 14.3 Å². The van der Waals surface area contributed by atoms with Crippen molar-refractivity contribution in [2.75, 3.05) is 25.2 Å². The van der Waals surface area contributed by atoms with E-state index in [0.29, 0.717) is 36.2 Å². The number of nitrogens with one attached hydrogen (secondary N) is 2. The minimum absolute atomic E-state index is 0.180. The van der Waals surface area contributed by atoms with Crippen molar-refractivity contribution in [2.24, 2.45) is 0 Å². The Morgan fingerprint density at radius 1 is 1.10 bits per heavy atom. The topological polar surface area (TPSA) is 103 Å². The molecule has 1 amide bonds. The van der Waals surface area contributed by atoms with E-state index in [4.69, 9.17) is 9.47 Å². The number of carbonyl (C=O) groups is 1. The summed E-state index contributed by atoms with van der Waals surface area (Å²) in [6.07, 6.45) is 3.22. The number of aromatic nitrogens is 4. The van der Waals surface area contributed by atoms with Gasteiger partial charge in [0.1, 0.15) is 5.82 Å². The normalized spacial score (nSPS) is 12.3. The van der Waals surface area contributed by atoms with Crippen LogP contribution in [0.4, 0.5) is 5.82 Å². The van der Waals surface area contributed by atoms with Crippen molar-refractivity contribution in [3.63, 3.8) is 0 Å². The fourth-order valence-electron chi connectivity index (χ4n) is 3.02. The summed E-state index contributed by atoms with van der Waals surface area (Å²) in [5, 5.41) is 18.7. The molecule has 0 fully saturated rings. The zero-order valence-electron chi connectivity index (χ0n) is 16.8. The van der Waals surface area contributed by atoms with Crippen LogP contribution in [-0.2, 0) is 4.79 Å². The molecule has 0 aliphatic carbocycles. The zero-order chi connectivity index (χ0) is 20.9. The second kappa shape index (κ2) is 8.64. The lowest BCUT2D eigenvalue weighted by Crippen LogP contribution is -2.27. The highest BCUT2D eigenvalue weighted by molar-refractivity contribution is 5.91. The predicted molar refractivity (Wildman–Crippen MR) is 112 cm³/mol. The van der Waals surface area contributed by atoms with Crippen molar-refractivity contribution in [3.8, 4) is 17.3 Å². The number of benzene rings is 1. The molecule has 0 bridgehead atoms. The summed E-state index contributed by atoms with van der Waals surface area (Å²) >= 11 is 0. The van der Waals surface area contributed by atoms with E-state index in [2.05, 4.69) is 25.9 Å². The van der Waals surface area contributed by atoms with Gasteiger partial charge >= 0.3 is 0 Å². The van der Waals surface area contributed by atoms with Gasteiger partial charge in [-0.2, -0.15) is 5.10 Å². The van der Waals surface area contributed by atoms with Crippen LogP contribution in [0.3, 0.4) is 0 Å². The van der Waals surface area contributed by atoms with Gasteiger partial charge in [0.2, 0.25) is 12.7 Å². The summed E-state index contributed by atoms with van der Waals surface area (Å²) in [6.45, 7) is 5.11. The molecule has 0 atom stereocenters. The largest absolute Gasteiger partial charge is 0.454 e. The molecule has 30 heavy (non-hydrogen) atoms. The molecule has 0 spiro atoms. The maximum atomic E-state index is 12.0. The molecule has 0 unspecified atom stereocenters. The second-order valence-electron chi connectivity index (χ2n) is 6.78. The van der Waals surface area contributed by atoms with E-state index in [1.54, 1.807) is 10.8 Å². The Kier molecular flexibility index (Phi) is 5.60. The van der Waals surface area contributed by atoms with Gasteiger partial charge in [0.05, 0.1) is 5.69 Å². The average Bonchev–Trinajstić information content (AvgIpc) is 3.35. The zero-order valence-corrected chi connectivity index (χ0v) is 16.8. The van der Waals surface area contributed by atoms with Crippen molar-refractivity contribution in [2.45, 2.75) is 13.8 Å². The summed E-state index contributed by atoms with van der Waals surface area (Å²) in [5.74, 6) is 2.51. The van der Waals surface area contributed by atoms with E-state index in [1.165, 1.54) is 6.08 Å². The summed E-state index contributed by atoms with van der Waals surface area (Å²) in [6, 6.07) is 11.2. The predicted octanol–water partition coefficient (Wildman–Crippen LogP) is 2.25. The molecule has 4 rings (SSSR count). The summed E-state index contributed by atoms with van der Waals surface area (Å²) in [7, 11) is 0. The molecular weight excluding hydrogens is 384 g/mol.